The first kappa shape index (κ1) is 19.7. The van der Waals surface area contributed by atoms with Crippen LogP contribution in [-0.2, 0) is 9.53 Å². The zero-order valence-electron chi connectivity index (χ0n) is 16.3. The van der Waals surface area contributed by atoms with Crippen molar-refractivity contribution in [2.45, 2.75) is 25.3 Å². The second-order valence-corrected chi connectivity index (χ2v) is 7.05. The van der Waals surface area contributed by atoms with Gasteiger partial charge in [0.25, 0.3) is 0 Å². The number of hydrogen-bond donors (Lipinski definition) is 1. The average molecular weight is 374 g/mol. The molecule has 0 spiro atoms. The van der Waals surface area contributed by atoms with Crippen molar-refractivity contribution in [3.05, 3.63) is 35.9 Å². The summed E-state index contributed by atoms with van der Waals surface area (Å²) in [5, 5.41) is 3.14. The van der Waals surface area contributed by atoms with Gasteiger partial charge in [-0.05, 0) is 36.5 Å². The standard InChI is InChI=1S/C21H30N2O4/c1-25-19-8-7-17(14-20(19)26-2)18(23-9-11-27-12-10-23)15-22-21(24)13-16-5-3-4-6-16/h3,5,7-8,14,16,18H,4,6,9-13,15H2,1-2H3,(H,22,24)/t16-,18-/m1/s1. The Morgan fingerprint density at radius 3 is 2.70 bits per heavy atom. The molecule has 3 rings (SSSR count). The number of methoxy groups -OCH3 is 2. The molecule has 0 bridgehead atoms. The first-order valence-corrected chi connectivity index (χ1v) is 9.68. The van der Waals surface area contributed by atoms with Crippen LogP contribution in [0.2, 0.25) is 0 Å². The highest BCUT2D eigenvalue weighted by Crippen LogP contribution is 2.32. The molecule has 6 nitrogen and oxygen atoms in total. The number of morpholine rings is 1. The number of ether oxygens (including phenoxy) is 3. The highest BCUT2D eigenvalue weighted by molar-refractivity contribution is 5.76. The first-order valence-electron chi connectivity index (χ1n) is 9.68. The maximum atomic E-state index is 12.4. The minimum absolute atomic E-state index is 0.0803. The lowest BCUT2D eigenvalue weighted by molar-refractivity contribution is -0.122. The van der Waals surface area contributed by atoms with Crippen LogP contribution in [0, 0.1) is 5.92 Å². The van der Waals surface area contributed by atoms with Gasteiger partial charge in [-0.2, -0.15) is 0 Å². The van der Waals surface area contributed by atoms with E-state index < -0.39 is 0 Å². The van der Waals surface area contributed by atoms with Gasteiger partial charge in [0.05, 0.1) is 33.5 Å². The average Bonchev–Trinajstić information content (AvgIpc) is 3.21. The molecule has 1 aromatic carbocycles. The summed E-state index contributed by atoms with van der Waals surface area (Å²) in [5.41, 5.74) is 1.11. The van der Waals surface area contributed by atoms with Gasteiger partial charge in [0, 0.05) is 26.1 Å². The van der Waals surface area contributed by atoms with Crippen molar-refractivity contribution in [2.75, 3.05) is 47.1 Å². The molecule has 0 aromatic heterocycles. The van der Waals surface area contributed by atoms with Crippen molar-refractivity contribution in [2.24, 2.45) is 5.92 Å². The van der Waals surface area contributed by atoms with Crippen molar-refractivity contribution in [3.63, 3.8) is 0 Å². The summed E-state index contributed by atoms with van der Waals surface area (Å²) in [6.07, 6.45) is 7.06. The van der Waals surface area contributed by atoms with E-state index in [0.29, 0.717) is 43.6 Å². The van der Waals surface area contributed by atoms with E-state index in [1.54, 1.807) is 14.2 Å². The molecule has 0 saturated carbocycles. The molecule has 1 heterocycles. The number of amides is 1. The molecule has 1 aliphatic heterocycles. The Morgan fingerprint density at radius 1 is 1.26 bits per heavy atom. The fraction of sp³-hybridized carbons (Fsp3) is 0.571. The zero-order valence-corrected chi connectivity index (χ0v) is 16.3. The van der Waals surface area contributed by atoms with Crippen molar-refractivity contribution >= 4 is 5.91 Å². The van der Waals surface area contributed by atoms with Crippen LogP contribution in [0.1, 0.15) is 30.9 Å². The predicted octanol–water partition coefficient (Wildman–Crippen LogP) is 2.55. The lowest BCUT2D eigenvalue weighted by atomic mass is 10.0. The first-order chi connectivity index (χ1) is 13.2. The number of nitrogens with zero attached hydrogens (tertiary/aromatic N) is 1. The SMILES string of the molecule is COc1ccc([C@@H](CNC(=O)C[C@@H]2C=CCC2)N2CCOCC2)cc1OC. The number of carbonyl (C=O) groups excluding carboxylic acids is 1. The molecular weight excluding hydrogens is 344 g/mol. The highest BCUT2D eigenvalue weighted by atomic mass is 16.5. The number of nitrogens with one attached hydrogen (secondary N) is 1. The third-order valence-electron chi connectivity index (χ3n) is 5.33. The third kappa shape index (κ3) is 5.23. The van der Waals surface area contributed by atoms with Gasteiger partial charge >= 0.3 is 0 Å². The van der Waals surface area contributed by atoms with Gasteiger partial charge in [-0.25, -0.2) is 0 Å². The molecule has 148 valence electrons. The van der Waals surface area contributed by atoms with Crippen molar-refractivity contribution in [1.29, 1.82) is 0 Å². The second-order valence-electron chi connectivity index (χ2n) is 7.05. The van der Waals surface area contributed by atoms with Gasteiger partial charge in [0.1, 0.15) is 0 Å². The minimum atomic E-state index is 0.0803. The molecule has 0 unspecified atom stereocenters. The Balaban J connectivity index is 1.70. The quantitative estimate of drug-likeness (QED) is 0.709. The zero-order chi connectivity index (χ0) is 19.1. The number of benzene rings is 1. The summed E-state index contributed by atoms with van der Waals surface area (Å²) < 4.78 is 16.3. The van der Waals surface area contributed by atoms with Gasteiger partial charge < -0.3 is 19.5 Å². The van der Waals surface area contributed by atoms with Crippen molar-refractivity contribution in [1.82, 2.24) is 10.2 Å². The molecule has 1 saturated heterocycles. The maximum absolute atomic E-state index is 12.4. The fourth-order valence-corrected chi connectivity index (χ4v) is 3.79. The molecule has 2 atom stereocenters. The van der Waals surface area contributed by atoms with Crippen LogP contribution in [0.5, 0.6) is 11.5 Å². The maximum Gasteiger partial charge on any atom is 0.220 e. The number of hydrogen-bond acceptors (Lipinski definition) is 5. The molecule has 1 N–H and O–H groups in total. The molecule has 1 aromatic rings. The molecule has 0 radical (unpaired) electrons. The monoisotopic (exact) mass is 374 g/mol. The largest absolute Gasteiger partial charge is 0.493 e. The van der Waals surface area contributed by atoms with E-state index >= 15 is 0 Å². The second kappa shape index (κ2) is 9.76. The topological polar surface area (TPSA) is 60.0 Å². The number of allylic oxidation sites excluding steroid dienone is 2. The van der Waals surface area contributed by atoms with Crippen LogP contribution < -0.4 is 14.8 Å². The molecule has 1 aliphatic carbocycles. The van der Waals surface area contributed by atoms with Gasteiger partial charge in [-0.3, -0.25) is 9.69 Å². The van der Waals surface area contributed by atoms with E-state index in [1.807, 2.05) is 18.2 Å². The van der Waals surface area contributed by atoms with E-state index in [4.69, 9.17) is 14.2 Å². The molecule has 6 heteroatoms. The smallest absolute Gasteiger partial charge is 0.220 e. The van der Waals surface area contributed by atoms with E-state index in [9.17, 15) is 4.79 Å². The van der Waals surface area contributed by atoms with Gasteiger partial charge in [0.15, 0.2) is 11.5 Å². The van der Waals surface area contributed by atoms with Gasteiger partial charge in [-0.15, -0.1) is 0 Å². The number of rotatable bonds is 8. The van der Waals surface area contributed by atoms with Crippen LogP contribution in [-0.4, -0.2) is 57.9 Å². The van der Waals surface area contributed by atoms with Crippen molar-refractivity contribution in [3.8, 4) is 11.5 Å². The molecule has 27 heavy (non-hydrogen) atoms. The van der Waals surface area contributed by atoms with Gasteiger partial charge in [0.2, 0.25) is 5.91 Å². The Hall–Kier alpha value is -2.05. The summed E-state index contributed by atoms with van der Waals surface area (Å²) in [6, 6.07) is 6.06. The summed E-state index contributed by atoms with van der Waals surface area (Å²) in [6.45, 7) is 3.69. The summed E-state index contributed by atoms with van der Waals surface area (Å²) >= 11 is 0. The Morgan fingerprint density at radius 2 is 2.04 bits per heavy atom. The van der Waals surface area contributed by atoms with Crippen LogP contribution in [0.15, 0.2) is 30.4 Å². The Bertz CT molecular complexity index is 656. The van der Waals surface area contributed by atoms with E-state index in [1.165, 1.54) is 0 Å². The minimum Gasteiger partial charge on any atom is -0.493 e. The summed E-state index contributed by atoms with van der Waals surface area (Å²) in [7, 11) is 3.27. The Kier molecular flexibility index (Phi) is 7.12. The van der Waals surface area contributed by atoms with Crippen LogP contribution in [0.25, 0.3) is 0 Å². The van der Waals surface area contributed by atoms with E-state index in [2.05, 4.69) is 22.4 Å². The molecule has 2 aliphatic rings. The van der Waals surface area contributed by atoms with Crippen molar-refractivity contribution < 1.29 is 19.0 Å². The van der Waals surface area contributed by atoms with Gasteiger partial charge in [-0.1, -0.05) is 18.2 Å². The van der Waals surface area contributed by atoms with Crippen LogP contribution in [0.4, 0.5) is 0 Å². The summed E-state index contributed by atoms with van der Waals surface area (Å²) in [4.78, 5) is 14.8. The van der Waals surface area contributed by atoms with Crippen LogP contribution in [0.3, 0.4) is 0 Å². The fourth-order valence-electron chi connectivity index (χ4n) is 3.79. The summed E-state index contributed by atoms with van der Waals surface area (Å²) in [5.74, 6) is 1.91. The normalized spacial score (nSPS) is 21.0. The third-order valence-corrected chi connectivity index (χ3v) is 5.33. The van der Waals surface area contributed by atoms with Crippen LogP contribution >= 0.6 is 0 Å². The predicted molar refractivity (Wildman–Crippen MR) is 104 cm³/mol. The molecule has 1 fully saturated rings. The highest BCUT2D eigenvalue weighted by Gasteiger charge is 2.25. The lowest BCUT2D eigenvalue weighted by Crippen LogP contribution is -2.44. The Labute approximate surface area is 161 Å². The number of carbonyl (C=O) groups is 1. The lowest BCUT2D eigenvalue weighted by Gasteiger charge is -2.35. The van der Waals surface area contributed by atoms with E-state index in [-0.39, 0.29) is 11.9 Å². The molecule has 1 amide bonds. The van der Waals surface area contributed by atoms with E-state index in [0.717, 1.165) is 31.5 Å². The molecular formula is C21H30N2O4.